The summed E-state index contributed by atoms with van der Waals surface area (Å²) in [7, 11) is 0. The van der Waals surface area contributed by atoms with Crippen LogP contribution in [0.15, 0.2) is 18.3 Å². The first-order valence-corrected chi connectivity index (χ1v) is 4.83. The van der Waals surface area contributed by atoms with Crippen molar-refractivity contribution in [3.05, 3.63) is 46.2 Å². The summed E-state index contributed by atoms with van der Waals surface area (Å²) in [5.41, 5.74) is 0.166. The van der Waals surface area contributed by atoms with Crippen molar-refractivity contribution in [3.63, 3.8) is 0 Å². The Balaban J connectivity index is 2.79. The number of benzene rings is 1. The highest BCUT2D eigenvalue weighted by Gasteiger charge is 2.15. The van der Waals surface area contributed by atoms with Crippen LogP contribution in [0.2, 0.25) is 0 Å². The van der Waals surface area contributed by atoms with Gasteiger partial charge in [0.25, 0.3) is 0 Å². The van der Waals surface area contributed by atoms with Crippen molar-refractivity contribution in [2.75, 3.05) is 0 Å². The summed E-state index contributed by atoms with van der Waals surface area (Å²) >= 11 is 4.89. The van der Waals surface area contributed by atoms with E-state index < -0.39 is 17.5 Å². The summed E-state index contributed by atoms with van der Waals surface area (Å²) in [6.07, 6.45) is 1.52. The monoisotopic (exact) mass is 244 g/mol. The molecular formula is C10H7F3N2S. The minimum absolute atomic E-state index is 0.155. The number of nitrogens with zero attached hydrogens (tertiary/aromatic N) is 1. The second-order valence-corrected chi connectivity index (χ2v) is 3.68. The lowest BCUT2D eigenvalue weighted by molar-refractivity contribution is 0.532. The third-order valence-electron chi connectivity index (χ3n) is 2.17. The van der Waals surface area contributed by atoms with E-state index in [1.807, 2.05) is 0 Å². The Hall–Kier alpha value is -1.56. The van der Waals surface area contributed by atoms with E-state index in [0.717, 1.165) is 0 Å². The molecular weight excluding hydrogens is 237 g/mol. The summed E-state index contributed by atoms with van der Waals surface area (Å²) in [6, 6.07) is 1.24. The van der Waals surface area contributed by atoms with Crippen LogP contribution >= 0.6 is 12.2 Å². The maximum absolute atomic E-state index is 13.5. The van der Waals surface area contributed by atoms with Gasteiger partial charge in [-0.15, -0.1) is 0 Å². The van der Waals surface area contributed by atoms with Gasteiger partial charge in [-0.1, -0.05) is 0 Å². The van der Waals surface area contributed by atoms with Crippen LogP contribution in [0.25, 0.3) is 5.69 Å². The Morgan fingerprint density at radius 1 is 1.19 bits per heavy atom. The predicted octanol–water partition coefficient (Wildman–Crippen LogP) is 3.26. The van der Waals surface area contributed by atoms with Gasteiger partial charge in [0.2, 0.25) is 0 Å². The van der Waals surface area contributed by atoms with E-state index in [9.17, 15) is 13.2 Å². The van der Waals surface area contributed by atoms with Gasteiger partial charge in [-0.25, -0.2) is 13.2 Å². The molecule has 0 aliphatic heterocycles. The Bertz CT molecular complexity index is 577. The molecule has 0 bridgehead atoms. The zero-order valence-electron chi connectivity index (χ0n) is 8.22. The largest absolute Gasteiger partial charge is 0.337 e. The zero-order valence-corrected chi connectivity index (χ0v) is 9.04. The van der Waals surface area contributed by atoms with Gasteiger partial charge < -0.3 is 4.98 Å². The molecule has 0 unspecified atom stereocenters. The van der Waals surface area contributed by atoms with Crippen molar-refractivity contribution < 1.29 is 13.2 Å². The average molecular weight is 244 g/mol. The average Bonchev–Trinajstić information content (AvgIpc) is 2.47. The number of aromatic amines is 1. The number of H-pyrrole nitrogens is 1. The first-order valence-electron chi connectivity index (χ1n) is 4.42. The number of hydrogen-bond acceptors (Lipinski definition) is 1. The molecule has 0 atom stereocenters. The Morgan fingerprint density at radius 3 is 2.19 bits per heavy atom. The van der Waals surface area contributed by atoms with Crippen LogP contribution in [0.5, 0.6) is 0 Å². The quantitative estimate of drug-likeness (QED) is 0.763. The molecule has 0 saturated carbocycles. The highest BCUT2D eigenvalue weighted by atomic mass is 32.1. The summed E-state index contributed by atoms with van der Waals surface area (Å²) in [4.78, 5) is 2.66. The number of aryl methyl sites for hydroxylation is 1. The Labute approximate surface area is 94.3 Å². The van der Waals surface area contributed by atoms with Gasteiger partial charge in [0, 0.05) is 24.0 Å². The SMILES string of the molecule is Cc1c[nH]c(=S)n1-c1c(F)cc(F)cc1F. The van der Waals surface area contributed by atoms with Gasteiger partial charge in [0.15, 0.2) is 16.4 Å². The number of hydrogen-bond donors (Lipinski definition) is 1. The molecule has 0 saturated heterocycles. The fourth-order valence-corrected chi connectivity index (χ4v) is 1.78. The fraction of sp³-hybridized carbons (Fsp3) is 0.100. The van der Waals surface area contributed by atoms with Crippen molar-refractivity contribution in [1.29, 1.82) is 0 Å². The van der Waals surface area contributed by atoms with Gasteiger partial charge >= 0.3 is 0 Å². The third-order valence-corrected chi connectivity index (χ3v) is 2.47. The van der Waals surface area contributed by atoms with Crippen LogP contribution in [0, 0.1) is 29.1 Å². The summed E-state index contributed by atoms with van der Waals surface area (Å²) in [5.74, 6) is -2.94. The van der Waals surface area contributed by atoms with Crippen LogP contribution in [0.3, 0.4) is 0 Å². The van der Waals surface area contributed by atoms with Crippen molar-refractivity contribution >= 4 is 12.2 Å². The predicted molar refractivity (Wildman–Crippen MR) is 55.6 cm³/mol. The molecule has 2 nitrogen and oxygen atoms in total. The standard InChI is InChI=1S/C10H7F3N2S/c1-5-4-14-10(16)15(5)9-7(12)2-6(11)3-8(9)13/h2-4H,1H3,(H,14,16). The minimum Gasteiger partial charge on any atom is -0.337 e. The number of nitrogens with one attached hydrogen (secondary N) is 1. The Kier molecular flexibility index (Phi) is 2.59. The first-order chi connectivity index (χ1) is 7.50. The molecule has 16 heavy (non-hydrogen) atoms. The van der Waals surface area contributed by atoms with Crippen molar-refractivity contribution in [2.45, 2.75) is 6.92 Å². The van der Waals surface area contributed by atoms with Crippen LogP contribution in [0.1, 0.15) is 5.69 Å². The van der Waals surface area contributed by atoms with Gasteiger partial charge in [0.1, 0.15) is 11.5 Å². The molecule has 1 heterocycles. The van der Waals surface area contributed by atoms with E-state index in [2.05, 4.69) is 4.98 Å². The van der Waals surface area contributed by atoms with Gasteiger partial charge in [-0.2, -0.15) is 0 Å². The molecule has 84 valence electrons. The summed E-state index contributed by atoms with van der Waals surface area (Å²) in [6.45, 7) is 1.63. The van der Waals surface area contributed by atoms with E-state index in [1.54, 1.807) is 6.92 Å². The second-order valence-electron chi connectivity index (χ2n) is 3.29. The molecule has 1 aromatic heterocycles. The molecule has 0 aliphatic rings. The van der Waals surface area contributed by atoms with Crippen LogP contribution < -0.4 is 0 Å². The lowest BCUT2D eigenvalue weighted by Gasteiger charge is -2.08. The van der Waals surface area contributed by atoms with E-state index in [0.29, 0.717) is 17.8 Å². The molecule has 0 fully saturated rings. The zero-order chi connectivity index (χ0) is 11.9. The van der Waals surface area contributed by atoms with E-state index in [1.165, 1.54) is 10.8 Å². The van der Waals surface area contributed by atoms with Gasteiger partial charge in [-0.3, -0.25) is 4.57 Å². The lowest BCUT2D eigenvalue weighted by Crippen LogP contribution is -2.04. The number of halogens is 3. The van der Waals surface area contributed by atoms with E-state index in [-0.39, 0.29) is 10.5 Å². The third kappa shape index (κ3) is 1.65. The highest BCUT2D eigenvalue weighted by Crippen LogP contribution is 2.21. The molecule has 1 aromatic carbocycles. The van der Waals surface area contributed by atoms with E-state index >= 15 is 0 Å². The smallest absolute Gasteiger partial charge is 0.182 e. The molecule has 2 rings (SSSR count). The lowest BCUT2D eigenvalue weighted by atomic mass is 10.2. The van der Waals surface area contributed by atoms with Crippen molar-refractivity contribution in [1.82, 2.24) is 9.55 Å². The van der Waals surface area contributed by atoms with Crippen LogP contribution in [-0.2, 0) is 0 Å². The van der Waals surface area contributed by atoms with E-state index in [4.69, 9.17) is 12.2 Å². The van der Waals surface area contributed by atoms with Gasteiger partial charge in [0.05, 0.1) is 0 Å². The molecule has 6 heteroatoms. The normalized spacial score (nSPS) is 10.8. The maximum Gasteiger partial charge on any atom is 0.182 e. The molecule has 0 amide bonds. The summed E-state index contributed by atoms with van der Waals surface area (Å²) in [5, 5.41) is 0. The van der Waals surface area contributed by atoms with Crippen molar-refractivity contribution in [3.8, 4) is 5.69 Å². The van der Waals surface area contributed by atoms with Crippen LogP contribution in [-0.4, -0.2) is 9.55 Å². The second kappa shape index (κ2) is 3.79. The highest BCUT2D eigenvalue weighted by molar-refractivity contribution is 7.71. The van der Waals surface area contributed by atoms with Crippen LogP contribution in [0.4, 0.5) is 13.2 Å². The molecule has 1 N–H and O–H groups in total. The molecule has 0 spiro atoms. The summed E-state index contributed by atoms with van der Waals surface area (Å²) < 4.78 is 41.0. The molecule has 0 radical (unpaired) electrons. The van der Waals surface area contributed by atoms with Crippen molar-refractivity contribution in [2.24, 2.45) is 0 Å². The first kappa shape index (κ1) is 10.9. The Morgan fingerprint density at radius 2 is 1.75 bits per heavy atom. The fourth-order valence-electron chi connectivity index (χ4n) is 1.48. The molecule has 0 aliphatic carbocycles. The topological polar surface area (TPSA) is 20.7 Å². The number of imidazole rings is 1. The molecule has 2 aromatic rings. The number of aromatic nitrogens is 2. The number of rotatable bonds is 1. The maximum atomic E-state index is 13.5. The minimum atomic E-state index is -0.990. The van der Waals surface area contributed by atoms with Gasteiger partial charge in [-0.05, 0) is 19.1 Å².